The van der Waals surface area contributed by atoms with E-state index < -0.39 is 0 Å². The van der Waals surface area contributed by atoms with Crippen molar-refractivity contribution in [2.45, 2.75) is 13.5 Å². The molecule has 1 aromatic carbocycles. The molecule has 0 amide bonds. The number of terminal acetylenes is 1. The van der Waals surface area contributed by atoms with Crippen LogP contribution in [0.2, 0.25) is 0 Å². The average Bonchev–Trinajstić information content (AvgIpc) is 2.33. The normalized spacial score (nSPS) is 9.56. The van der Waals surface area contributed by atoms with Gasteiger partial charge in [-0.3, -0.25) is 0 Å². The molecule has 3 nitrogen and oxygen atoms in total. The quantitative estimate of drug-likeness (QED) is 0.740. The van der Waals surface area contributed by atoms with Gasteiger partial charge in [-0.15, -0.1) is 6.42 Å². The Labute approximate surface area is 96.8 Å². The molecule has 0 aliphatic heterocycles. The number of hydrogen-bond donors (Lipinski definition) is 1. The number of hydrogen-bond acceptors (Lipinski definition) is 3. The summed E-state index contributed by atoms with van der Waals surface area (Å²) < 4.78 is 10.7. The van der Waals surface area contributed by atoms with Gasteiger partial charge in [-0.2, -0.15) is 0 Å². The van der Waals surface area contributed by atoms with Crippen LogP contribution in [0.15, 0.2) is 18.2 Å². The first-order valence-corrected chi connectivity index (χ1v) is 5.26. The Morgan fingerprint density at radius 1 is 1.44 bits per heavy atom. The number of nitrogens with one attached hydrogen (secondary N) is 1. The van der Waals surface area contributed by atoms with Gasteiger partial charge in [0.2, 0.25) is 0 Å². The maximum absolute atomic E-state index is 5.50. The van der Waals surface area contributed by atoms with E-state index in [0.29, 0.717) is 5.75 Å². The van der Waals surface area contributed by atoms with Crippen molar-refractivity contribution in [3.63, 3.8) is 0 Å². The summed E-state index contributed by atoms with van der Waals surface area (Å²) in [5.41, 5.74) is 1.05. The minimum Gasteiger partial charge on any atom is -0.493 e. The summed E-state index contributed by atoms with van der Waals surface area (Å²) in [5, 5.41) is 3.25. The highest BCUT2D eigenvalue weighted by Crippen LogP contribution is 2.30. The Morgan fingerprint density at radius 2 is 2.25 bits per heavy atom. The van der Waals surface area contributed by atoms with Gasteiger partial charge in [0, 0.05) is 12.1 Å². The molecule has 16 heavy (non-hydrogen) atoms. The lowest BCUT2D eigenvalue weighted by molar-refractivity contribution is 0.326. The van der Waals surface area contributed by atoms with E-state index in [1.165, 1.54) is 0 Å². The van der Waals surface area contributed by atoms with Gasteiger partial charge in [-0.1, -0.05) is 25.0 Å². The second-order valence-corrected chi connectivity index (χ2v) is 3.22. The Kier molecular flexibility index (Phi) is 5.24. The summed E-state index contributed by atoms with van der Waals surface area (Å²) in [4.78, 5) is 0. The molecule has 0 heterocycles. The van der Waals surface area contributed by atoms with Crippen molar-refractivity contribution in [2.75, 3.05) is 20.3 Å². The largest absolute Gasteiger partial charge is 0.493 e. The number of rotatable bonds is 6. The molecule has 0 saturated carbocycles. The van der Waals surface area contributed by atoms with Crippen LogP contribution in [0.3, 0.4) is 0 Å². The standard InChI is InChI=1S/C13H17NO2/c1-4-9-16-13-11(10-14-5-2)7-6-8-12(13)15-3/h1,6-8,14H,5,9-10H2,2-3H3. The van der Waals surface area contributed by atoms with Crippen LogP contribution in [-0.4, -0.2) is 20.3 Å². The molecule has 0 atom stereocenters. The molecule has 0 bridgehead atoms. The Morgan fingerprint density at radius 3 is 2.88 bits per heavy atom. The second-order valence-electron chi connectivity index (χ2n) is 3.22. The predicted octanol–water partition coefficient (Wildman–Crippen LogP) is 1.82. The van der Waals surface area contributed by atoms with E-state index in [0.717, 1.165) is 24.4 Å². The van der Waals surface area contributed by atoms with Crippen molar-refractivity contribution in [2.24, 2.45) is 0 Å². The Bertz CT molecular complexity index is 369. The van der Waals surface area contributed by atoms with Crippen LogP contribution in [-0.2, 0) is 6.54 Å². The Hall–Kier alpha value is -1.66. The second kappa shape index (κ2) is 6.76. The molecule has 0 saturated heterocycles. The molecule has 1 aromatic rings. The highest BCUT2D eigenvalue weighted by molar-refractivity contribution is 5.46. The van der Waals surface area contributed by atoms with Crippen molar-refractivity contribution < 1.29 is 9.47 Å². The van der Waals surface area contributed by atoms with E-state index in [1.807, 2.05) is 18.2 Å². The summed E-state index contributed by atoms with van der Waals surface area (Å²) in [6, 6.07) is 5.80. The average molecular weight is 219 g/mol. The van der Waals surface area contributed by atoms with E-state index in [1.54, 1.807) is 7.11 Å². The predicted molar refractivity (Wildman–Crippen MR) is 64.7 cm³/mol. The molecule has 1 rings (SSSR count). The van der Waals surface area contributed by atoms with Gasteiger partial charge in [0.15, 0.2) is 11.5 Å². The zero-order valence-corrected chi connectivity index (χ0v) is 9.75. The molecule has 0 aliphatic rings. The van der Waals surface area contributed by atoms with Gasteiger partial charge in [0.25, 0.3) is 0 Å². The van der Waals surface area contributed by atoms with Crippen LogP contribution in [0, 0.1) is 12.3 Å². The SMILES string of the molecule is C#CCOc1c(CNCC)cccc1OC. The molecule has 86 valence electrons. The van der Waals surface area contributed by atoms with Crippen LogP contribution in [0.4, 0.5) is 0 Å². The minimum absolute atomic E-state index is 0.250. The van der Waals surface area contributed by atoms with E-state index in [4.69, 9.17) is 15.9 Å². The first-order valence-electron chi connectivity index (χ1n) is 5.26. The Balaban J connectivity index is 2.91. The molecule has 0 fully saturated rings. The monoisotopic (exact) mass is 219 g/mol. The van der Waals surface area contributed by atoms with Crippen LogP contribution >= 0.6 is 0 Å². The molecule has 3 heteroatoms. The van der Waals surface area contributed by atoms with Gasteiger partial charge in [0.1, 0.15) is 6.61 Å². The lowest BCUT2D eigenvalue weighted by Gasteiger charge is -2.13. The third kappa shape index (κ3) is 3.18. The molecule has 0 spiro atoms. The third-order valence-electron chi connectivity index (χ3n) is 2.15. The van der Waals surface area contributed by atoms with Gasteiger partial charge >= 0.3 is 0 Å². The molecule has 0 radical (unpaired) electrons. The highest BCUT2D eigenvalue weighted by atomic mass is 16.5. The van der Waals surface area contributed by atoms with Crippen molar-refractivity contribution in [1.29, 1.82) is 0 Å². The molecule has 0 aromatic heterocycles. The van der Waals surface area contributed by atoms with Gasteiger partial charge in [-0.05, 0) is 12.6 Å². The first kappa shape index (κ1) is 12.4. The fourth-order valence-corrected chi connectivity index (χ4v) is 1.40. The molecular formula is C13H17NO2. The summed E-state index contributed by atoms with van der Waals surface area (Å²) in [5.74, 6) is 3.89. The summed E-state index contributed by atoms with van der Waals surface area (Å²) in [6.07, 6.45) is 5.19. The van der Waals surface area contributed by atoms with Crippen LogP contribution < -0.4 is 14.8 Å². The van der Waals surface area contributed by atoms with Crippen molar-refractivity contribution >= 4 is 0 Å². The molecule has 0 aliphatic carbocycles. The fraction of sp³-hybridized carbons (Fsp3) is 0.385. The third-order valence-corrected chi connectivity index (χ3v) is 2.15. The maximum Gasteiger partial charge on any atom is 0.167 e. The number of methoxy groups -OCH3 is 1. The van der Waals surface area contributed by atoms with E-state index in [-0.39, 0.29) is 6.61 Å². The van der Waals surface area contributed by atoms with E-state index in [2.05, 4.69) is 18.2 Å². The van der Waals surface area contributed by atoms with Crippen LogP contribution in [0.5, 0.6) is 11.5 Å². The van der Waals surface area contributed by atoms with Crippen LogP contribution in [0.25, 0.3) is 0 Å². The van der Waals surface area contributed by atoms with Crippen molar-refractivity contribution in [3.05, 3.63) is 23.8 Å². The molecule has 0 unspecified atom stereocenters. The number of benzene rings is 1. The number of para-hydroxylation sites is 1. The van der Waals surface area contributed by atoms with E-state index in [9.17, 15) is 0 Å². The molecule has 1 N–H and O–H groups in total. The number of ether oxygens (including phenoxy) is 2. The lowest BCUT2D eigenvalue weighted by atomic mass is 10.2. The van der Waals surface area contributed by atoms with Crippen molar-refractivity contribution in [1.82, 2.24) is 5.32 Å². The summed E-state index contributed by atoms with van der Waals surface area (Å²) in [6.45, 7) is 3.96. The first-order chi connectivity index (χ1) is 7.83. The summed E-state index contributed by atoms with van der Waals surface area (Å²) >= 11 is 0. The zero-order valence-electron chi connectivity index (χ0n) is 9.75. The topological polar surface area (TPSA) is 30.5 Å². The fourth-order valence-electron chi connectivity index (χ4n) is 1.40. The maximum atomic E-state index is 5.50. The molecular weight excluding hydrogens is 202 g/mol. The summed E-state index contributed by atoms with van der Waals surface area (Å²) in [7, 11) is 1.62. The van der Waals surface area contributed by atoms with E-state index >= 15 is 0 Å². The zero-order chi connectivity index (χ0) is 11.8. The highest BCUT2D eigenvalue weighted by Gasteiger charge is 2.09. The van der Waals surface area contributed by atoms with Gasteiger partial charge in [-0.25, -0.2) is 0 Å². The van der Waals surface area contributed by atoms with Gasteiger partial charge in [0.05, 0.1) is 7.11 Å². The lowest BCUT2D eigenvalue weighted by Crippen LogP contribution is -2.13. The van der Waals surface area contributed by atoms with Crippen LogP contribution in [0.1, 0.15) is 12.5 Å². The van der Waals surface area contributed by atoms with Crippen molar-refractivity contribution in [3.8, 4) is 23.8 Å². The minimum atomic E-state index is 0.250. The smallest absolute Gasteiger partial charge is 0.167 e. The van der Waals surface area contributed by atoms with Gasteiger partial charge < -0.3 is 14.8 Å².